The minimum atomic E-state index is -1.93. The Morgan fingerprint density at radius 1 is 0.919 bits per heavy atom. The maximum absolute atomic E-state index is 13.1. The number of ether oxygens (including phenoxy) is 4. The molecule has 10 heteroatoms. The lowest BCUT2D eigenvalue weighted by molar-refractivity contribution is -0.300. The molecule has 5 unspecified atom stereocenters. The highest BCUT2D eigenvalue weighted by atomic mass is 16.7. The molecule has 0 spiro atoms. The fourth-order valence-electron chi connectivity index (χ4n) is 5.01. The van der Waals surface area contributed by atoms with Crippen molar-refractivity contribution in [3.8, 4) is 23.0 Å². The molecular formula is C27H28O10. The Hall–Kier alpha value is -3.57. The second-order valence-electron chi connectivity index (χ2n) is 9.51. The third kappa shape index (κ3) is 3.75. The molecule has 0 saturated carbocycles. The summed E-state index contributed by atoms with van der Waals surface area (Å²) in [6.07, 6.45) is -5.25. The molecule has 4 N–H and O–H groups in total. The van der Waals surface area contributed by atoms with Gasteiger partial charge >= 0.3 is 5.63 Å². The molecule has 1 aliphatic heterocycles. The number of aromatic hydroxyl groups is 1. The maximum atomic E-state index is 13.1. The lowest BCUT2D eigenvalue weighted by atomic mass is 9.86. The molecule has 0 aliphatic carbocycles. The van der Waals surface area contributed by atoms with E-state index in [1.54, 1.807) is 18.2 Å². The summed E-state index contributed by atoms with van der Waals surface area (Å²) in [5.74, 6) is 0.625. The fraction of sp³-hybridized carbons (Fsp3) is 0.370. The van der Waals surface area contributed by atoms with E-state index in [1.807, 2.05) is 6.92 Å². The van der Waals surface area contributed by atoms with Crippen LogP contribution in [-0.2, 0) is 4.74 Å². The minimum Gasteiger partial charge on any atom is -0.507 e. The van der Waals surface area contributed by atoms with Crippen LogP contribution in [0.5, 0.6) is 23.0 Å². The Kier molecular flexibility index (Phi) is 5.95. The van der Waals surface area contributed by atoms with Gasteiger partial charge in [-0.3, -0.25) is 0 Å². The van der Waals surface area contributed by atoms with Crippen LogP contribution in [0.3, 0.4) is 0 Å². The number of aryl methyl sites for hydroxylation is 1. The summed E-state index contributed by atoms with van der Waals surface area (Å²) in [5, 5.41) is 44.1. The molecule has 1 fully saturated rings. The number of aliphatic hydroxyl groups is 3. The fourth-order valence-corrected chi connectivity index (χ4v) is 5.01. The molecule has 4 aromatic rings. The zero-order valence-electron chi connectivity index (χ0n) is 20.9. The molecule has 3 aromatic carbocycles. The number of methoxy groups -OCH3 is 2. The molecule has 1 saturated heterocycles. The molecule has 1 aromatic heterocycles. The second kappa shape index (κ2) is 8.77. The number of aliphatic hydroxyl groups excluding tert-OH is 2. The van der Waals surface area contributed by atoms with Crippen molar-refractivity contribution in [3.63, 3.8) is 0 Å². The third-order valence-electron chi connectivity index (χ3n) is 7.00. The van der Waals surface area contributed by atoms with Crippen molar-refractivity contribution in [1.29, 1.82) is 0 Å². The van der Waals surface area contributed by atoms with Gasteiger partial charge in [-0.05, 0) is 56.7 Å². The van der Waals surface area contributed by atoms with Crippen LogP contribution < -0.4 is 19.8 Å². The van der Waals surface area contributed by atoms with Gasteiger partial charge < -0.3 is 43.8 Å². The SMILES string of the molecule is COc1cc2c(oc(=O)c3cc(C)cc(OC)c32)c2c(OC3OC(C)C(O)C(C)(O)C3O)ccc(O)c12. The summed E-state index contributed by atoms with van der Waals surface area (Å²) in [6.45, 7) is 4.65. The third-order valence-corrected chi connectivity index (χ3v) is 7.00. The quantitative estimate of drug-likeness (QED) is 0.238. The van der Waals surface area contributed by atoms with E-state index in [1.165, 1.54) is 40.2 Å². The molecule has 0 amide bonds. The number of benzene rings is 3. The van der Waals surface area contributed by atoms with E-state index >= 15 is 0 Å². The minimum absolute atomic E-state index is 0.0775. The molecule has 5 atom stereocenters. The first-order chi connectivity index (χ1) is 17.5. The van der Waals surface area contributed by atoms with Crippen LogP contribution in [0, 0.1) is 6.92 Å². The average Bonchev–Trinajstić information content (AvgIpc) is 2.87. The number of fused-ring (bicyclic) bond motifs is 5. The van der Waals surface area contributed by atoms with Crippen molar-refractivity contribution in [3.05, 3.63) is 46.3 Å². The first kappa shape index (κ1) is 25.1. The summed E-state index contributed by atoms with van der Waals surface area (Å²) in [6, 6.07) is 7.91. The van der Waals surface area contributed by atoms with E-state index in [-0.39, 0.29) is 33.6 Å². The van der Waals surface area contributed by atoms with Crippen LogP contribution in [0.1, 0.15) is 19.4 Å². The van der Waals surface area contributed by atoms with Gasteiger partial charge in [-0.25, -0.2) is 4.79 Å². The second-order valence-corrected chi connectivity index (χ2v) is 9.51. The van der Waals surface area contributed by atoms with E-state index in [2.05, 4.69) is 0 Å². The average molecular weight is 513 g/mol. The van der Waals surface area contributed by atoms with Gasteiger partial charge in [0.1, 0.15) is 40.8 Å². The highest BCUT2D eigenvalue weighted by Gasteiger charge is 2.52. The van der Waals surface area contributed by atoms with Gasteiger partial charge in [0.25, 0.3) is 0 Å². The van der Waals surface area contributed by atoms with Crippen LogP contribution in [0.15, 0.2) is 39.5 Å². The molecule has 2 heterocycles. The molecule has 10 nitrogen and oxygen atoms in total. The number of phenolic OH excluding ortho intramolecular Hbond substituents is 1. The summed E-state index contributed by atoms with van der Waals surface area (Å²) in [4.78, 5) is 13.1. The van der Waals surface area contributed by atoms with Crippen molar-refractivity contribution >= 4 is 32.5 Å². The topological polar surface area (TPSA) is 148 Å². The van der Waals surface area contributed by atoms with E-state index < -0.39 is 35.8 Å². The monoisotopic (exact) mass is 512 g/mol. The van der Waals surface area contributed by atoms with Gasteiger partial charge in [0, 0.05) is 10.8 Å². The summed E-state index contributed by atoms with van der Waals surface area (Å²) < 4.78 is 28.6. The van der Waals surface area contributed by atoms with E-state index in [9.17, 15) is 25.2 Å². The van der Waals surface area contributed by atoms with Gasteiger partial charge in [-0.1, -0.05) is 0 Å². The van der Waals surface area contributed by atoms with Crippen molar-refractivity contribution in [1.82, 2.24) is 0 Å². The van der Waals surface area contributed by atoms with Crippen LogP contribution >= 0.6 is 0 Å². The van der Waals surface area contributed by atoms with Crippen molar-refractivity contribution in [2.24, 2.45) is 0 Å². The highest BCUT2D eigenvalue weighted by Crippen LogP contribution is 2.46. The van der Waals surface area contributed by atoms with Crippen molar-refractivity contribution < 1.29 is 43.8 Å². The Balaban J connectivity index is 1.84. The lowest BCUT2D eigenvalue weighted by Crippen LogP contribution is -2.65. The summed E-state index contributed by atoms with van der Waals surface area (Å²) in [5.41, 5.74) is -1.66. The molecule has 37 heavy (non-hydrogen) atoms. The summed E-state index contributed by atoms with van der Waals surface area (Å²) in [7, 11) is 2.93. The van der Waals surface area contributed by atoms with Gasteiger partial charge in [0.15, 0.2) is 5.58 Å². The number of phenols is 1. The number of hydrogen-bond donors (Lipinski definition) is 4. The molecular weight excluding hydrogens is 484 g/mol. The first-order valence-electron chi connectivity index (χ1n) is 11.7. The highest BCUT2D eigenvalue weighted by molar-refractivity contribution is 6.20. The van der Waals surface area contributed by atoms with Crippen molar-refractivity contribution in [2.45, 2.75) is 51.0 Å². The van der Waals surface area contributed by atoms with Gasteiger partial charge in [-0.15, -0.1) is 0 Å². The Labute approximate surface area is 211 Å². The van der Waals surface area contributed by atoms with E-state index in [0.29, 0.717) is 21.9 Å². The van der Waals surface area contributed by atoms with Crippen LogP contribution in [-0.4, -0.2) is 64.8 Å². The smallest absolute Gasteiger partial charge is 0.344 e. The van der Waals surface area contributed by atoms with Crippen molar-refractivity contribution in [2.75, 3.05) is 14.2 Å². The predicted molar refractivity (Wildman–Crippen MR) is 135 cm³/mol. The Morgan fingerprint density at radius 2 is 1.59 bits per heavy atom. The van der Waals surface area contributed by atoms with Crippen LogP contribution in [0.4, 0.5) is 0 Å². The molecule has 1 aliphatic rings. The van der Waals surface area contributed by atoms with Gasteiger partial charge in [0.2, 0.25) is 6.29 Å². The zero-order valence-corrected chi connectivity index (χ0v) is 20.9. The van der Waals surface area contributed by atoms with Crippen LogP contribution in [0.25, 0.3) is 32.5 Å². The zero-order chi connectivity index (χ0) is 26.8. The Morgan fingerprint density at radius 3 is 2.27 bits per heavy atom. The summed E-state index contributed by atoms with van der Waals surface area (Å²) >= 11 is 0. The largest absolute Gasteiger partial charge is 0.507 e. The normalized spacial score (nSPS) is 26.1. The molecule has 0 radical (unpaired) electrons. The van der Waals surface area contributed by atoms with E-state index in [0.717, 1.165) is 5.56 Å². The molecule has 196 valence electrons. The van der Waals surface area contributed by atoms with Gasteiger partial charge in [0.05, 0.1) is 36.5 Å². The Bertz CT molecular complexity index is 1590. The number of rotatable bonds is 4. The van der Waals surface area contributed by atoms with Crippen LogP contribution in [0.2, 0.25) is 0 Å². The number of hydrogen-bond acceptors (Lipinski definition) is 10. The standard InChI is InChI=1S/C27H28O10/c1-11-8-14-19(17(9-11)33-4)13-10-18(34-5)20-15(28)6-7-16(21(20)22(13)37-25(14)31)36-26-24(30)27(3,32)23(29)12(2)35-26/h6-10,12,23-24,26,28-30,32H,1-5H3. The van der Waals surface area contributed by atoms with Gasteiger partial charge in [-0.2, -0.15) is 0 Å². The van der Waals surface area contributed by atoms with E-state index in [4.69, 9.17) is 23.4 Å². The first-order valence-corrected chi connectivity index (χ1v) is 11.7. The maximum Gasteiger partial charge on any atom is 0.344 e. The molecule has 5 rings (SSSR count). The molecule has 0 bridgehead atoms. The lowest BCUT2D eigenvalue weighted by Gasteiger charge is -2.45. The predicted octanol–water partition coefficient (Wildman–Crippen LogP) is 2.73.